The molecule has 0 aliphatic carbocycles. The summed E-state index contributed by atoms with van der Waals surface area (Å²) in [5, 5.41) is 0. The van der Waals surface area contributed by atoms with E-state index in [9.17, 15) is 4.79 Å². The van der Waals surface area contributed by atoms with Gasteiger partial charge < -0.3 is 4.74 Å². The van der Waals surface area contributed by atoms with Gasteiger partial charge in [0, 0.05) is 19.3 Å². The molecule has 0 aliphatic heterocycles. The van der Waals surface area contributed by atoms with Gasteiger partial charge in [-0.25, -0.2) is 0 Å². The summed E-state index contributed by atoms with van der Waals surface area (Å²) < 4.78 is 4.57. The molecule has 0 aliphatic rings. The summed E-state index contributed by atoms with van der Waals surface area (Å²) in [5.41, 5.74) is 0. The largest absolute Gasteiger partial charge is 0.469 e. The summed E-state index contributed by atoms with van der Waals surface area (Å²) in [6.45, 7) is 2.25. The Hall–Kier alpha value is -1.23. The van der Waals surface area contributed by atoms with Crippen LogP contribution in [-0.4, -0.2) is 13.1 Å². The molecule has 0 fully saturated rings. The van der Waals surface area contributed by atoms with Crippen molar-refractivity contribution in [1.82, 2.24) is 0 Å². The van der Waals surface area contributed by atoms with Crippen LogP contribution in [0.4, 0.5) is 0 Å². The van der Waals surface area contributed by atoms with Crippen molar-refractivity contribution in [2.24, 2.45) is 0 Å². The second-order valence-corrected chi connectivity index (χ2v) is 5.35. The number of esters is 1. The Kier molecular flexibility index (Phi) is 15.8. The van der Waals surface area contributed by atoms with Crippen LogP contribution < -0.4 is 0 Å². The lowest BCUT2D eigenvalue weighted by Crippen LogP contribution is -1.97. The monoisotopic (exact) mass is 292 g/mol. The summed E-state index contributed by atoms with van der Waals surface area (Å²) in [4.78, 5) is 10.9. The van der Waals surface area contributed by atoms with Gasteiger partial charge in [0.1, 0.15) is 0 Å². The highest BCUT2D eigenvalue weighted by Crippen LogP contribution is 2.07. The minimum atomic E-state index is -0.144. The predicted octanol–water partition coefficient (Wildman–Crippen LogP) is 5.42. The van der Waals surface area contributed by atoms with E-state index in [4.69, 9.17) is 0 Å². The molecule has 0 radical (unpaired) electrons. The zero-order valence-electron chi connectivity index (χ0n) is 14.0. The van der Waals surface area contributed by atoms with Gasteiger partial charge in [-0.05, 0) is 19.3 Å². The Morgan fingerprint density at radius 2 is 1.52 bits per heavy atom. The summed E-state index contributed by atoms with van der Waals surface area (Å²) in [7, 11) is 1.42. The molecule has 0 bridgehead atoms. The molecular weight excluding hydrogens is 260 g/mol. The van der Waals surface area contributed by atoms with E-state index in [0.29, 0.717) is 6.42 Å². The molecular formula is C19H32O2. The average Bonchev–Trinajstić information content (AvgIpc) is 2.50. The lowest BCUT2D eigenvalue weighted by atomic mass is 10.1. The van der Waals surface area contributed by atoms with Crippen LogP contribution in [0.5, 0.6) is 0 Å². The Balaban J connectivity index is 3.26. The maximum atomic E-state index is 10.9. The predicted molar refractivity (Wildman–Crippen MR) is 90.0 cm³/mol. The van der Waals surface area contributed by atoms with Gasteiger partial charge in [-0.1, -0.05) is 57.6 Å². The van der Waals surface area contributed by atoms with E-state index in [1.54, 1.807) is 0 Å². The highest BCUT2D eigenvalue weighted by molar-refractivity contribution is 5.69. The minimum Gasteiger partial charge on any atom is -0.469 e. The Bertz CT molecular complexity index is 320. The fourth-order valence-electron chi connectivity index (χ4n) is 2.04. The minimum absolute atomic E-state index is 0.144. The van der Waals surface area contributed by atoms with Crippen LogP contribution in [0, 0.1) is 11.8 Å². The number of rotatable bonds is 12. The summed E-state index contributed by atoms with van der Waals surface area (Å²) in [6.07, 6.45) is 17.7. The van der Waals surface area contributed by atoms with Crippen molar-refractivity contribution in [3.05, 3.63) is 12.2 Å². The van der Waals surface area contributed by atoms with Gasteiger partial charge in [0.25, 0.3) is 0 Å². The van der Waals surface area contributed by atoms with Crippen LogP contribution in [0.2, 0.25) is 0 Å². The number of carbonyl (C=O) groups is 1. The number of hydrogen-bond acceptors (Lipinski definition) is 2. The first-order valence-electron chi connectivity index (χ1n) is 8.48. The third-order valence-electron chi connectivity index (χ3n) is 3.38. The number of allylic oxidation sites excluding steroid dienone is 2. The molecule has 0 aromatic heterocycles. The smallest absolute Gasteiger partial charge is 0.305 e. The van der Waals surface area contributed by atoms with Crippen molar-refractivity contribution >= 4 is 5.97 Å². The SMILES string of the molecule is CCCCCCCCCC#CCC/C=C\CCC(=O)OC. The van der Waals surface area contributed by atoms with Crippen molar-refractivity contribution in [3.8, 4) is 11.8 Å². The summed E-state index contributed by atoms with van der Waals surface area (Å²) in [5.74, 6) is 6.32. The Morgan fingerprint density at radius 3 is 2.24 bits per heavy atom. The van der Waals surface area contributed by atoms with Crippen LogP contribution in [0.1, 0.15) is 84.0 Å². The molecule has 21 heavy (non-hydrogen) atoms. The fourth-order valence-corrected chi connectivity index (χ4v) is 2.04. The van der Waals surface area contributed by atoms with Crippen LogP contribution >= 0.6 is 0 Å². The molecule has 0 saturated heterocycles. The maximum Gasteiger partial charge on any atom is 0.305 e. The molecule has 120 valence electrons. The first kappa shape index (κ1) is 19.8. The third kappa shape index (κ3) is 16.7. The van der Waals surface area contributed by atoms with Crippen LogP contribution in [0.15, 0.2) is 12.2 Å². The number of ether oxygens (including phenoxy) is 1. The second kappa shape index (κ2) is 16.8. The van der Waals surface area contributed by atoms with Crippen molar-refractivity contribution in [1.29, 1.82) is 0 Å². The van der Waals surface area contributed by atoms with E-state index in [-0.39, 0.29) is 5.97 Å². The van der Waals surface area contributed by atoms with E-state index in [1.807, 2.05) is 6.08 Å². The molecule has 0 heterocycles. The van der Waals surface area contributed by atoms with Gasteiger partial charge in [0.15, 0.2) is 0 Å². The molecule has 0 N–H and O–H groups in total. The lowest BCUT2D eigenvalue weighted by Gasteiger charge is -1.97. The normalized spacial score (nSPS) is 10.4. The molecule has 0 aromatic rings. The van der Waals surface area contributed by atoms with Gasteiger partial charge in [-0.2, -0.15) is 0 Å². The molecule has 2 heteroatoms. The van der Waals surface area contributed by atoms with E-state index < -0.39 is 0 Å². The summed E-state index contributed by atoms with van der Waals surface area (Å²) >= 11 is 0. The van der Waals surface area contributed by atoms with Gasteiger partial charge in [-0.3, -0.25) is 4.79 Å². The molecule has 0 amide bonds. The maximum absolute atomic E-state index is 10.9. The van der Waals surface area contributed by atoms with Gasteiger partial charge in [-0.15, -0.1) is 11.8 Å². The van der Waals surface area contributed by atoms with Crippen LogP contribution in [-0.2, 0) is 9.53 Å². The average molecular weight is 292 g/mol. The van der Waals surface area contributed by atoms with E-state index >= 15 is 0 Å². The molecule has 0 rings (SSSR count). The number of carbonyl (C=O) groups excluding carboxylic acids is 1. The number of hydrogen-bond donors (Lipinski definition) is 0. The van der Waals surface area contributed by atoms with Crippen molar-refractivity contribution in [3.63, 3.8) is 0 Å². The van der Waals surface area contributed by atoms with E-state index in [1.165, 1.54) is 52.1 Å². The lowest BCUT2D eigenvalue weighted by molar-refractivity contribution is -0.140. The first-order valence-corrected chi connectivity index (χ1v) is 8.48. The topological polar surface area (TPSA) is 26.3 Å². The Labute approximate surface area is 131 Å². The van der Waals surface area contributed by atoms with Crippen molar-refractivity contribution < 1.29 is 9.53 Å². The fraction of sp³-hybridized carbons (Fsp3) is 0.737. The molecule has 0 aromatic carbocycles. The second-order valence-electron chi connectivity index (χ2n) is 5.35. The van der Waals surface area contributed by atoms with Crippen molar-refractivity contribution in [2.75, 3.05) is 7.11 Å². The summed E-state index contributed by atoms with van der Waals surface area (Å²) in [6, 6.07) is 0. The van der Waals surface area contributed by atoms with Crippen LogP contribution in [0.3, 0.4) is 0 Å². The first-order chi connectivity index (χ1) is 10.3. The zero-order chi connectivity index (χ0) is 15.6. The molecule has 0 unspecified atom stereocenters. The van der Waals surface area contributed by atoms with Gasteiger partial charge in [0.2, 0.25) is 0 Å². The van der Waals surface area contributed by atoms with Gasteiger partial charge >= 0.3 is 5.97 Å². The molecule has 0 spiro atoms. The third-order valence-corrected chi connectivity index (χ3v) is 3.38. The van der Waals surface area contributed by atoms with E-state index in [0.717, 1.165) is 25.7 Å². The molecule has 0 atom stereocenters. The molecule has 2 nitrogen and oxygen atoms in total. The number of methoxy groups -OCH3 is 1. The van der Waals surface area contributed by atoms with E-state index in [2.05, 4.69) is 29.6 Å². The molecule has 0 saturated carbocycles. The number of unbranched alkanes of at least 4 members (excludes halogenated alkanes) is 8. The van der Waals surface area contributed by atoms with Crippen LogP contribution in [0.25, 0.3) is 0 Å². The highest BCUT2D eigenvalue weighted by Gasteiger charge is 1.95. The van der Waals surface area contributed by atoms with Gasteiger partial charge in [0.05, 0.1) is 7.11 Å². The standard InChI is InChI=1S/C19H32O2/c1-3-4-5-6-7-8-9-10-11-12-13-14-15-16-17-18-19(20)21-2/h15-16H,3-10,13-14,17-18H2,1-2H3/b16-15-. The highest BCUT2D eigenvalue weighted by atomic mass is 16.5. The Morgan fingerprint density at radius 1 is 0.905 bits per heavy atom. The zero-order valence-corrected chi connectivity index (χ0v) is 14.0. The quantitative estimate of drug-likeness (QED) is 0.208. The van der Waals surface area contributed by atoms with Crippen molar-refractivity contribution in [2.45, 2.75) is 84.0 Å².